The first-order valence-corrected chi connectivity index (χ1v) is 5.40. The van der Waals surface area contributed by atoms with Crippen LogP contribution >= 0.6 is 11.6 Å². The summed E-state index contributed by atoms with van der Waals surface area (Å²) in [6.07, 6.45) is 0. The van der Waals surface area contributed by atoms with Crippen molar-refractivity contribution in [2.45, 2.75) is 27.3 Å². The summed E-state index contributed by atoms with van der Waals surface area (Å²) in [6.45, 7) is 6.27. The van der Waals surface area contributed by atoms with E-state index in [0.717, 1.165) is 11.1 Å². The first-order chi connectivity index (χ1) is 6.99. The molecule has 0 aliphatic rings. The van der Waals surface area contributed by atoms with Gasteiger partial charge in [-0.2, -0.15) is 0 Å². The van der Waals surface area contributed by atoms with Crippen molar-refractivity contribution >= 4 is 17.5 Å². The fourth-order valence-electron chi connectivity index (χ4n) is 1.31. The van der Waals surface area contributed by atoms with Gasteiger partial charge in [-0.15, -0.1) is 0 Å². The lowest BCUT2D eigenvalue weighted by atomic mass is 10.1. The first kappa shape index (κ1) is 12.1. The highest BCUT2D eigenvalue weighted by molar-refractivity contribution is 6.30. The van der Waals surface area contributed by atoms with Crippen molar-refractivity contribution in [3.63, 3.8) is 0 Å². The van der Waals surface area contributed by atoms with Crippen LogP contribution in [0.1, 0.15) is 25.0 Å². The standard InChI is InChI=1S/C12H16ClNO/c1-8(2)12(15)14-7-10-4-9(3)5-11(13)6-10/h4-6,8H,7H2,1-3H3,(H,14,15). The molecule has 0 saturated heterocycles. The molecule has 0 aliphatic carbocycles. The molecule has 82 valence electrons. The van der Waals surface area contributed by atoms with Gasteiger partial charge >= 0.3 is 0 Å². The lowest BCUT2D eigenvalue weighted by Crippen LogP contribution is -2.27. The van der Waals surface area contributed by atoms with Gasteiger partial charge in [-0.05, 0) is 30.2 Å². The SMILES string of the molecule is Cc1cc(Cl)cc(CNC(=O)C(C)C)c1. The van der Waals surface area contributed by atoms with Gasteiger partial charge in [-0.3, -0.25) is 4.79 Å². The summed E-state index contributed by atoms with van der Waals surface area (Å²) in [6, 6.07) is 5.79. The number of amides is 1. The molecule has 0 aliphatic heterocycles. The van der Waals surface area contributed by atoms with E-state index >= 15 is 0 Å². The molecule has 0 radical (unpaired) electrons. The molecule has 0 fully saturated rings. The molecule has 15 heavy (non-hydrogen) atoms. The van der Waals surface area contributed by atoms with Gasteiger partial charge in [0.05, 0.1) is 0 Å². The Kier molecular flexibility index (Phi) is 4.15. The van der Waals surface area contributed by atoms with E-state index in [1.807, 2.05) is 39.0 Å². The molecule has 1 rings (SSSR count). The first-order valence-electron chi connectivity index (χ1n) is 5.03. The van der Waals surface area contributed by atoms with Gasteiger partial charge in [0.1, 0.15) is 0 Å². The molecule has 0 heterocycles. The van der Waals surface area contributed by atoms with Gasteiger partial charge in [0, 0.05) is 17.5 Å². The van der Waals surface area contributed by atoms with Crippen molar-refractivity contribution in [3.05, 3.63) is 34.3 Å². The lowest BCUT2D eigenvalue weighted by molar-refractivity contribution is -0.124. The van der Waals surface area contributed by atoms with E-state index in [1.54, 1.807) is 0 Å². The lowest BCUT2D eigenvalue weighted by Gasteiger charge is -2.08. The zero-order valence-corrected chi connectivity index (χ0v) is 10.1. The van der Waals surface area contributed by atoms with Crippen LogP contribution in [0.25, 0.3) is 0 Å². The zero-order chi connectivity index (χ0) is 11.4. The van der Waals surface area contributed by atoms with Crippen molar-refractivity contribution in [3.8, 4) is 0 Å². The van der Waals surface area contributed by atoms with E-state index < -0.39 is 0 Å². The van der Waals surface area contributed by atoms with Crippen LogP contribution in [0.2, 0.25) is 5.02 Å². The quantitative estimate of drug-likeness (QED) is 0.842. The number of halogens is 1. The van der Waals surface area contributed by atoms with E-state index in [-0.39, 0.29) is 11.8 Å². The molecular weight excluding hydrogens is 210 g/mol. The summed E-state index contributed by atoms with van der Waals surface area (Å²) >= 11 is 5.92. The fraction of sp³-hybridized carbons (Fsp3) is 0.417. The van der Waals surface area contributed by atoms with Gasteiger partial charge in [0.25, 0.3) is 0 Å². The monoisotopic (exact) mass is 225 g/mol. The minimum absolute atomic E-state index is 0.0188. The number of carbonyl (C=O) groups excluding carboxylic acids is 1. The molecule has 1 amide bonds. The van der Waals surface area contributed by atoms with E-state index in [9.17, 15) is 4.79 Å². The minimum Gasteiger partial charge on any atom is -0.352 e. The maximum Gasteiger partial charge on any atom is 0.222 e. The smallest absolute Gasteiger partial charge is 0.222 e. The fourth-order valence-corrected chi connectivity index (χ4v) is 1.62. The number of aryl methyl sites for hydroxylation is 1. The van der Waals surface area contributed by atoms with Crippen LogP contribution in [0.5, 0.6) is 0 Å². The second-order valence-electron chi connectivity index (χ2n) is 4.01. The van der Waals surface area contributed by atoms with Crippen LogP contribution in [-0.2, 0) is 11.3 Å². The number of benzene rings is 1. The Labute approximate surface area is 95.6 Å². The molecule has 0 atom stereocenters. The van der Waals surface area contributed by atoms with Crippen LogP contribution < -0.4 is 5.32 Å². The summed E-state index contributed by atoms with van der Waals surface area (Å²) in [5.74, 6) is 0.0814. The predicted molar refractivity (Wildman–Crippen MR) is 62.9 cm³/mol. The average Bonchev–Trinajstić information content (AvgIpc) is 2.12. The maximum atomic E-state index is 11.3. The van der Waals surface area contributed by atoms with Crippen molar-refractivity contribution in [1.82, 2.24) is 5.32 Å². The Hall–Kier alpha value is -1.02. The molecule has 2 nitrogen and oxygen atoms in total. The molecule has 0 aromatic heterocycles. The van der Waals surface area contributed by atoms with Crippen molar-refractivity contribution in [2.24, 2.45) is 5.92 Å². The third-order valence-electron chi connectivity index (χ3n) is 2.09. The topological polar surface area (TPSA) is 29.1 Å². The third kappa shape index (κ3) is 3.92. The van der Waals surface area contributed by atoms with Crippen LogP contribution in [0, 0.1) is 12.8 Å². The Morgan fingerprint density at radius 2 is 2.07 bits per heavy atom. The molecule has 1 aromatic rings. The Bertz CT molecular complexity index is 340. The van der Waals surface area contributed by atoms with Gasteiger partial charge in [0.15, 0.2) is 0 Å². The second-order valence-corrected chi connectivity index (χ2v) is 4.45. The van der Waals surface area contributed by atoms with Gasteiger partial charge in [-0.25, -0.2) is 0 Å². The molecule has 1 N–H and O–H groups in total. The third-order valence-corrected chi connectivity index (χ3v) is 2.31. The molecule has 1 aromatic carbocycles. The average molecular weight is 226 g/mol. The van der Waals surface area contributed by atoms with E-state index in [1.165, 1.54) is 0 Å². The van der Waals surface area contributed by atoms with Crippen molar-refractivity contribution in [1.29, 1.82) is 0 Å². The van der Waals surface area contributed by atoms with Crippen LogP contribution in [0.4, 0.5) is 0 Å². The molecule has 0 saturated carbocycles. The number of hydrogen-bond donors (Lipinski definition) is 1. The zero-order valence-electron chi connectivity index (χ0n) is 9.30. The molecule has 0 spiro atoms. The van der Waals surface area contributed by atoms with Gasteiger partial charge < -0.3 is 5.32 Å². The minimum atomic E-state index is 0.0188. The normalized spacial score (nSPS) is 10.5. The highest BCUT2D eigenvalue weighted by Gasteiger charge is 2.06. The Morgan fingerprint density at radius 3 is 2.60 bits per heavy atom. The van der Waals surface area contributed by atoms with Crippen molar-refractivity contribution < 1.29 is 4.79 Å². The molecule has 3 heteroatoms. The Morgan fingerprint density at radius 1 is 1.40 bits per heavy atom. The van der Waals surface area contributed by atoms with E-state index in [2.05, 4.69) is 5.32 Å². The summed E-state index contributed by atoms with van der Waals surface area (Å²) in [5.41, 5.74) is 2.14. The van der Waals surface area contributed by atoms with Crippen LogP contribution in [0.3, 0.4) is 0 Å². The summed E-state index contributed by atoms with van der Waals surface area (Å²) < 4.78 is 0. The van der Waals surface area contributed by atoms with Gasteiger partial charge in [0.2, 0.25) is 5.91 Å². The number of nitrogens with one attached hydrogen (secondary N) is 1. The second kappa shape index (κ2) is 5.17. The molecular formula is C12H16ClNO. The van der Waals surface area contributed by atoms with Crippen molar-refractivity contribution in [2.75, 3.05) is 0 Å². The molecule has 0 bridgehead atoms. The maximum absolute atomic E-state index is 11.3. The highest BCUT2D eigenvalue weighted by atomic mass is 35.5. The predicted octanol–water partition coefficient (Wildman–Crippen LogP) is 2.92. The molecule has 0 unspecified atom stereocenters. The van der Waals surface area contributed by atoms with Crippen LogP contribution in [-0.4, -0.2) is 5.91 Å². The van der Waals surface area contributed by atoms with Gasteiger partial charge in [-0.1, -0.05) is 31.5 Å². The summed E-state index contributed by atoms with van der Waals surface area (Å²) in [5, 5.41) is 3.57. The Balaban J connectivity index is 2.61. The highest BCUT2D eigenvalue weighted by Crippen LogP contribution is 2.14. The summed E-state index contributed by atoms with van der Waals surface area (Å²) in [7, 11) is 0. The van der Waals surface area contributed by atoms with E-state index in [4.69, 9.17) is 11.6 Å². The largest absolute Gasteiger partial charge is 0.352 e. The van der Waals surface area contributed by atoms with Crippen LogP contribution in [0.15, 0.2) is 18.2 Å². The summed E-state index contributed by atoms with van der Waals surface area (Å²) in [4.78, 5) is 11.3. The number of carbonyl (C=O) groups is 1. The number of rotatable bonds is 3. The van der Waals surface area contributed by atoms with E-state index in [0.29, 0.717) is 11.6 Å². The number of hydrogen-bond acceptors (Lipinski definition) is 1.